The van der Waals surface area contributed by atoms with Gasteiger partial charge in [-0.2, -0.15) is 5.26 Å². The van der Waals surface area contributed by atoms with Crippen molar-refractivity contribution >= 4 is 162 Å². The van der Waals surface area contributed by atoms with Gasteiger partial charge < -0.3 is 32.4 Å². The van der Waals surface area contributed by atoms with E-state index in [-0.39, 0.29) is 6.71 Å². The van der Waals surface area contributed by atoms with Gasteiger partial charge in [-0.3, -0.25) is 0 Å². The summed E-state index contributed by atoms with van der Waals surface area (Å²) in [6, 6.07) is 135. The molecular formula is C103H61BN4O4. The Balaban J connectivity index is 0.869. The smallest absolute Gasteiger partial charge is 0.252 e. The van der Waals surface area contributed by atoms with Crippen molar-refractivity contribution in [1.82, 2.24) is 0 Å². The third-order valence-corrected chi connectivity index (χ3v) is 23.1. The summed E-state index contributed by atoms with van der Waals surface area (Å²) in [7, 11) is 0. The Kier molecular flexibility index (Phi) is 14.1. The first-order valence-electron chi connectivity index (χ1n) is 37.9. The molecule has 9 heteroatoms. The molecule has 0 aliphatic carbocycles. The Morgan fingerprint density at radius 1 is 0.259 bits per heavy atom. The van der Waals surface area contributed by atoms with E-state index in [1.54, 1.807) is 0 Å². The van der Waals surface area contributed by atoms with E-state index in [1.165, 1.54) is 0 Å². The number of furan rings is 4. The lowest BCUT2D eigenvalue weighted by Gasteiger charge is -2.46. The fraction of sp³-hybridized carbons (Fsp3) is 0. The van der Waals surface area contributed by atoms with E-state index in [2.05, 4.69) is 336 Å². The minimum Gasteiger partial charge on any atom is -0.456 e. The van der Waals surface area contributed by atoms with Crippen LogP contribution in [-0.4, -0.2) is 6.71 Å². The molecule has 21 aromatic rings. The van der Waals surface area contributed by atoms with E-state index < -0.39 is 0 Å². The summed E-state index contributed by atoms with van der Waals surface area (Å²) in [5.41, 5.74) is 31.8. The maximum absolute atomic E-state index is 10.3. The van der Waals surface area contributed by atoms with Crippen molar-refractivity contribution < 1.29 is 17.7 Å². The van der Waals surface area contributed by atoms with Gasteiger partial charge >= 0.3 is 0 Å². The van der Waals surface area contributed by atoms with Gasteiger partial charge in [0.2, 0.25) is 0 Å². The minimum atomic E-state index is -0.373. The van der Waals surface area contributed by atoms with Gasteiger partial charge in [-0.25, -0.2) is 0 Å². The monoisotopic (exact) mass is 1430 g/mol. The number of rotatable bonds is 11. The van der Waals surface area contributed by atoms with Gasteiger partial charge in [0.05, 0.1) is 23.0 Å². The zero-order chi connectivity index (χ0) is 73.6. The van der Waals surface area contributed by atoms with E-state index >= 15 is 0 Å². The highest BCUT2D eigenvalue weighted by atomic mass is 16.3. The number of nitriles is 1. The second kappa shape index (κ2) is 25.0. The van der Waals surface area contributed by atoms with Crippen LogP contribution in [0.3, 0.4) is 0 Å². The quantitative estimate of drug-likeness (QED) is 0.118. The summed E-state index contributed by atoms with van der Waals surface area (Å²) in [5, 5.41) is 18.5. The van der Waals surface area contributed by atoms with Crippen LogP contribution in [0.15, 0.2) is 388 Å². The fourth-order valence-corrected chi connectivity index (χ4v) is 18.2. The summed E-state index contributed by atoms with van der Waals surface area (Å²) >= 11 is 0. The molecule has 0 amide bonds. The number of benzene rings is 17. The molecule has 17 aromatic carbocycles. The van der Waals surface area contributed by atoms with Gasteiger partial charge in [0.1, 0.15) is 44.7 Å². The Bertz CT molecular complexity index is 7350. The summed E-state index contributed by atoms with van der Waals surface area (Å²) in [4.78, 5) is 7.53. The van der Waals surface area contributed by atoms with Crippen LogP contribution < -0.4 is 31.1 Å². The molecule has 23 rings (SSSR count). The summed E-state index contributed by atoms with van der Waals surface area (Å²) in [6.07, 6.45) is 0. The summed E-state index contributed by atoms with van der Waals surface area (Å²) < 4.78 is 27.5. The van der Waals surface area contributed by atoms with Crippen molar-refractivity contribution in [3.63, 3.8) is 0 Å². The molecular weight excluding hydrogens is 1370 g/mol. The Morgan fingerprint density at radius 3 is 1.18 bits per heavy atom. The largest absolute Gasteiger partial charge is 0.456 e. The molecule has 0 radical (unpaired) electrons. The highest BCUT2D eigenvalue weighted by Gasteiger charge is 2.46. The number of nitrogens with zero attached hydrogens (tertiary/aromatic N) is 4. The molecule has 0 atom stereocenters. The zero-order valence-electron chi connectivity index (χ0n) is 60.2. The number of fused-ring (bicyclic) bond motifs is 18. The van der Waals surface area contributed by atoms with Crippen LogP contribution in [0, 0.1) is 11.3 Å². The van der Waals surface area contributed by atoms with Crippen LogP contribution in [0.4, 0.5) is 51.2 Å². The van der Waals surface area contributed by atoms with Crippen LogP contribution in [-0.2, 0) is 0 Å². The Labute approximate surface area is 644 Å². The lowest BCUT2D eigenvalue weighted by molar-refractivity contribution is 0.663. The first kappa shape index (κ1) is 63.0. The minimum absolute atomic E-state index is 0.373. The molecule has 4 aromatic heterocycles. The molecule has 0 saturated carbocycles. The molecule has 6 heterocycles. The van der Waals surface area contributed by atoms with Crippen molar-refractivity contribution in [2.45, 2.75) is 0 Å². The highest BCUT2D eigenvalue weighted by Crippen LogP contribution is 2.56. The number of hydrogen-bond donors (Lipinski definition) is 0. The van der Waals surface area contributed by atoms with Crippen molar-refractivity contribution in [3.05, 3.63) is 376 Å². The average Bonchev–Trinajstić information content (AvgIpc) is 0.743. The topological polar surface area (TPSA) is 86.1 Å². The van der Waals surface area contributed by atoms with E-state index in [0.717, 1.165) is 222 Å². The van der Waals surface area contributed by atoms with E-state index in [4.69, 9.17) is 17.7 Å². The number of anilines is 9. The number of para-hydroxylation sites is 6. The Morgan fingerprint density at radius 2 is 0.652 bits per heavy atom. The van der Waals surface area contributed by atoms with Crippen LogP contribution >= 0.6 is 0 Å². The lowest BCUT2D eigenvalue weighted by Crippen LogP contribution is -2.61. The van der Waals surface area contributed by atoms with Crippen molar-refractivity contribution in [1.29, 1.82) is 5.26 Å². The van der Waals surface area contributed by atoms with Crippen LogP contribution in [0.1, 0.15) is 5.56 Å². The molecule has 0 saturated heterocycles. The van der Waals surface area contributed by atoms with E-state index in [9.17, 15) is 5.26 Å². The average molecular weight is 1430 g/mol. The van der Waals surface area contributed by atoms with Gasteiger partial charge in [0, 0.05) is 111 Å². The van der Waals surface area contributed by atoms with Crippen molar-refractivity contribution in [2.24, 2.45) is 0 Å². The molecule has 0 bridgehead atoms. The lowest BCUT2D eigenvalue weighted by atomic mass is 9.33. The second-order valence-electron chi connectivity index (χ2n) is 29.2. The molecule has 2 aliphatic heterocycles. The third-order valence-electron chi connectivity index (χ3n) is 23.1. The fourth-order valence-electron chi connectivity index (χ4n) is 18.2. The van der Waals surface area contributed by atoms with Crippen LogP contribution in [0.5, 0.6) is 0 Å². The highest BCUT2D eigenvalue weighted by molar-refractivity contribution is 7.00. The molecule has 0 N–H and O–H groups in total. The van der Waals surface area contributed by atoms with Gasteiger partial charge in [0.25, 0.3) is 6.71 Å². The molecule has 112 heavy (non-hydrogen) atoms. The maximum Gasteiger partial charge on any atom is 0.252 e. The zero-order valence-corrected chi connectivity index (χ0v) is 60.2. The molecule has 520 valence electrons. The second-order valence-corrected chi connectivity index (χ2v) is 29.2. The molecule has 2 aliphatic rings. The van der Waals surface area contributed by atoms with E-state index in [1.807, 2.05) is 54.6 Å². The van der Waals surface area contributed by atoms with E-state index in [0.29, 0.717) is 5.56 Å². The van der Waals surface area contributed by atoms with Crippen LogP contribution in [0.2, 0.25) is 0 Å². The summed E-state index contributed by atoms with van der Waals surface area (Å²) in [6.45, 7) is -0.373. The number of hydrogen-bond acceptors (Lipinski definition) is 8. The maximum atomic E-state index is 10.3. The SMILES string of the molecule is N#Cc1ccc(N(c2ccccc2)c2ccc3c(c2)N(c2c(-c4ccccc4)cccc2-c2ccccc2)c2cc(-c4ccc5c(c4)oc4ccc6oc7ccccc7c6c45)cc4c2B3c2ccc(-c3cccc5c3oc3ccc6oc7ccccc7c6c35)cc2N4c2c(-c3ccccc3)cccc2-c2ccccc2)cc1. The third kappa shape index (κ3) is 9.69. The molecule has 8 nitrogen and oxygen atoms in total. The van der Waals surface area contributed by atoms with Gasteiger partial charge in [0.15, 0.2) is 0 Å². The first-order valence-corrected chi connectivity index (χ1v) is 37.9. The molecule has 0 unspecified atom stereocenters. The first-order chi connectivity index (χ1) is 55.5. The normalized spacial score (nSPS) is 12.4. The van der Waals surface area contributed by atoms with Gasteiger partial charge in [-0.05, 0) is 171 Å². The van der Waals surface area contributed by atoms with Crippen molar-refractivity contribution in [2.75, 3.05) is 14.7 Å². The molecule has 0 fully saturated rings. The summed E-state index contributed by atoms with van der Waals surface area (Å²) in [5.74, 6) is 0. The standard InChI is InChI=1S/C103H61BN4O4/c105-62-63-43-47-72(48-44-63)106(71-31-14-5-15-32-71)73-49-52-84-86(61-73)108(102-76(66-27-10-3-11-28-66)37-21-38-77(102)67-29-12-4-13-30-67)88-59-70(68-45-50-81-95(60-68)111-93-54-53-91-96(98(81)93)79-33-16-18-41-89(79)109-91)58-87-100(88)104(84)83-51-46-69(78-39-22-40-82-99-94(112-103(78)82)56-55-92-97(99)80-34-17-19-42-90(80)110-92)57-85(83)107(87)101-74(64-23-6-1-7-24-64)35-20-36-75(101)65-25-8-2-9-26-65/h1-61H. The van der Waals surface area contributed by atoms with Crippen molar-refractivity contribution in [3.8, 4) is 72.8 Å². The predicted molar refractivity (Wildman–Crippen MR) is 462 cm³/mol. The molecule has 0 spiro atoms. The van der Waals surface area contributed by atoms with Gasteiger partial charge in [-0.1, -0.05) is 255 Å². The Hall–Kier alpha value is -15.1. The predicted octanol–water partition coefficient (Wildman–Crippen LogP) is 26.7. The van der Waals surface area contributed by atoms with Crippen LogP contribution in [0.25, 0.3) is 155 Å². The van der Waals surface area contributed by atoms with Gasteiger partial charge in [-0.15, -0.1) is 0 Å².